The van der Waals surface area contributed by atoms with E-state index in [4.69, 9.17) is 5.14 Å². The molecule has 25 heavy (non-hydrogen) atoms. The molecule has 1 aliphatic carbocycles. The molecule has 3 N–H and O–H groups in total. The van der Waals surface area contributed by atoms with E-state index in [-0.39, 0.29) is 22.1 Å². The summed E-state index contributed by atoms with van der Waals surface area (Å²) in [6.07, 6.45) is 3.86. The molecule has 1 fully saturated rings. The maximum absolute atomic E-state index is 12.7. The number of nitrogens with one attached hydrogen (secondary N) is 1. The number of hydrogen-bond acceptors (Lipinski definition) is 3. The first-order chi connectivity index (χ1) is 11.4. The van der Waals surface area contributed by atoms with Crippen molar-refractivity contribution in [1.82, 2.24) is 0 Å². The molecule has 1 aromatic rings. The number of amides is 1. The summed E-state index contributed by atoms with van der Waals surface area (Å²) in [5.74, 6) is 0.601. The van der Waals surface area contributed by atoms with Gasteiger partial charge in [-0.2, -0.15) is 0 Å². The first kappa shape index (κ1) is 19.9. The van der Waals surface area contributed by atoms with Gasteiger partial charge in [0.2, 0.25) is 15.9 Å². The van der Waals surface area contributed by atoms with Crippen LogP contribution in [-0.2, 0) is 14.8 Å². The molecular weight excluding hydrogens is 336 g/mol. The third-order valence-corrected chi connectivity index (χ3v) is 6.44. The topological polar surface area (TPSA) is 89.3 Å². The van der Waals surface area contributed by atoms with Crippen molar-refractivity contribution in [2.24, 2.45) is 22.4 Å². The lowest BCUT2D eigenvalue weighted by atomic mass is 9.69. The molecule has 5 nitrogen and oxygen atoms in total. The molecule has 0 spiro atoms. The van der Waals surface area contributed by atoms with Crippen LogP contribution >= 0.6 is 0 Å². The Labute approximate surface area is 151 Å². The SMILES string of the molecule is Cc1cc(S(N)(=O)=O)cc(NC(=O)C2CCC(C(C)(C)C)CC2)c1C. The first-order valence-corrected chi connectivity index (χ1v) is 10.4. The van der Waals surface area contributed by atoms with Crippen LogP contribution in [0, 0.1) is 31.1 Å². The Bertz CT molecular complexity index is 756. The van der Waals surface area contributed by atoms with Gasteiger partial charge in [0.25, 0.3) is 0 Å². The van der Waals surface area contributed by atoms with E-state index < -0.39 is 10.0 Å². The van der Waals surface area contributed by atoms with Gasteiger partial charge < -0.3 is 5.32 Å². The van der Waals surface area contributed by atoms with E-state index in [0.29, 0.717) is 11.6 Å². The van der Waals surface area contributed by atoms with Crippen LogP contribution in [0.5, 0.6) is 0 Å². The van der Waals surface area contributed by atoms with Gasteiger partial charge in [-0.3, -0.25) is 4.79 Å². The van der Waals surface area contributed by atoms with Crippen LogP contribution in [0.2, 0.25) is 0 Å². The van der Waals surface area contributed by atoms with Crippen molar-refractivity contribution in [3.8, 4) is 0 Å². The van der Waals surface area contributed by atoms with Crippen molar-refractivity contribution < 1.29 is 13.2 Å². The summed E-state index contributed by atoms with van der Waals surface area (Å²) in [6, 6.07) is 2.99. The fourth-order valence-corrected chi connectivity index (χ4v) is 4.20. The van der Waals surface area contributed by atoms with Gasteiger partial charge in [0.1, 0.15) is 0 Å². The number of aryl methyl sites for hydroxylation is 1. The van der Waals surface area contributed by atoms with Crippen molar-refractivity contribution in [2.45, 2.75) is 65.2 Å². The van der Waals surface area contributed by atoms with E-state index in [9.17, 15) is 13.2 Å². The summed E-state index contributed by atoms with van der Waals surface area (Å²) < 4.78 is 23.3. The molecule has 2 rings (SSSR count). The Morgan fingerprint density at radius 1 is 1.12 bits per heavy atom. The van der Waals surface area contributed by atoms with Gasteiger partial charge in [-0.25, -0.2) is 13.6 Å². The smallest absolute Gasteiger partial charge is 0.238 e. The fraction of sp³-hybridized carbons (Fsp3) is 0.632. The average Bonchev–Trinajstić information content (AvgIpc) is 2.49. The predicted octanol–water partition coefficient (Wildman–Crippen LogP) is 3.74. The van der Waals surface area contributed by atoms with Gasteiger partial charge >= 0.3 is 0 Å². The maximum Gasteiger partial charge on any atom is 0.238 e. The molecule has 0 atom stereocenters. The molecule has 0 unspecified atom stereocenters. The maximum atomic E-state index is 12.7. The Balaban J connectivity index is 2.13. The van der Waals surface area contributed by atoms with E-state index in [0.717, 1.165) is 36.8 Å². The Morgan fingerprint density at radius 3 is 2.16 bits per heavy atom. The Hall–Kier alpha value is -1.40. The van der Waals surface area contributed by atoms with Gasteiger partial charge in [-0.15, -0.1) is 0 Å². The van der Waals surface area contributed by atoms with E-state index in [1.807, 2.05) is 13.8 Å². The van der Waals surface area contributed by atoms with Crippen LogP contribution in [0.1, 0.15) is 57.6 Å². The highest BCUT2D eigenvalue weighted by atomic mass is 32.2. The molecule has 1 aliphatic rings. The number of nitrogens with two attached hydrogens (primary N) is 1. The molecular formula is C19H30N2O3S. The zero-order valence-electron chi connectivity index (χ0n) is 15.8. The zero-order chi connectivity index (χ0) is 19.0. The molecule has 0 radical (unpaired) electrons. The van der Waals surface area contributed by atoms with Crippen LogP contribution in [0.3, 0.4) is 0 Å². The molecule has 6 heteroatoms. The van der Waals surface area contributed by atoms with Gasteiger partial charge in [-0.05, 0) is 74.1 Å². The highest BCUT2D eigenvalue weighted by molar-refractivity contribution is 7.89. The summed E-state index contributed by atoms with van der Waals surface area (Å²) in [6.45, 7) is 10.4. The monoisotopic (exact) mass is 366 g/mol. The second-order valence-electron chi connectivity index (χ2n) is 8.36. The number of hydrogen-bond donors (Lipinski definition) is 2. The molecule has 0 bridgehead atoms. The Morgan fingerprint density at radius 2 is 1.68 bits per heavy atom. The summed E-state index contributed by atoms with van der Waals surface area (Å²) >= 11 is 0. The second-order valence-corrected chi connectivity index (χ2v) is 9.92. The molecule has 0 heterocycles. The summed E-state index contributed by atoms with van der Waals surface area (Å²) in [5, 5.41) is 8.16. The van der Waals surface area contributed by atoms with Crippen molar-refractivity contribution in [3.05, 3.63) is 23.3 Å². The molecule has 0 aromatic heterocycles. The van der Waals surface area contributed by atoms with Gasteiger partial charge in [0.05, 0.1) is 4.90 Å². The standard InChI is InChI=1S/C19H30N2O3S/c1-12-10-16(25(20,23)24)11-17(13(12)2)21-18(22)14-6-8-15(9-7-14)19(3,4)5/h10-11,14-15H,6-9H2,1-5H3,(H,21,22)(H2,20,23,24). The lowest BCUT2D eigenvalue weighted by Gasteiger charge is -2.36. The van der Waals surface area contributed by atoms with Crippen molar-refractivity contribution in [3.63, 3.8) is 0 Å². The molecule has 0 saturated heterocycles. The van der Waals surface area contributed by atoms with E-state index in [1.54, 1.807) is 0 Å². The highest BCUT2D eigenvalue weighted by Crippen LogP contribution is 2.40. The van der Waals surface area contributed by atoms with E-state index >= 15 is 0 Å². The normalized spacial score (nSPS) is 21.8. The average molecular weight is 367 g/mol. The lowest BCUT2D eigenvalue weighted by molar-refractivity contribution is -0.121. The first-order valence-electron chi connectivity index (χ1n) is 8.84. The number of anilines is 1. The largest absolute Gasteiger partial charge is 0.326 e. The third-order valence-electron chi connectivity index (χ3n) is 5.55. The minimum absolute atomic E-state index is 0.0172. The van der Waals surface area contributed by atoms with Crippen LogP contribution in [-0.4, -0.2) is 14.3 Å². The number of sulfonamides is 1. The summed E-state index contributed by atoms with van der Waals surface area (Å²) in [5.41, 5.74) is 2.47. The third kappa shape index (κ3) is 4.82. The summed E-state index contributed by atoms with van der Waals surface area (Å²) in [7, 11) is -3.80. The lowest BCUT2D eigenvalue weighted by Crippen LogP contribution is -2.31. The highest BCUT2D eigenvalue weighted by Gasteiger charge is 2.32. The minimum atomic E-state index is -3.80. The minimum Gasteiger partial charge on any atom is -0.326 e. The number of carbonyl (C=O) groups is 1. The Kier molecular flexibility index (Phi) is 5.64. The molecule has 0 aliphatic heterocycles. The number of carbonyl (C=O) groups excluding carboxylic acids is 1. The van der Waals surface area contributed by atoms with Crippen molar-refractivity contribution in [2.75, 3.05) is 5.32 Å². The number of primary sulfonamides is 1. The molecule has 1 aromatic carbocycles. The fourth-order valence-electron chi connectivity index (χ4n) is 3.58. The van der Waals surface area contributed by atoms with Crippen LogP contribution in [0.15, 0.2) is 17.0 Å². The van der Waals surface area contributed by atoms with Crippen molar-refractivity contribution in [1.29, 1.82) is 0 Å². The van der Waals surface area contributed by atoms with E-state index in [1.165, 1.54) is 12.1 Å². The zero-order valence-corrected chi connectivity index (χ0v) is 16.7. The van der Waals surface area contributed by atoms with Crippen LogP contribution in [0.25, 0.3) is 0 Å². The summed E-state index contributed by atoms with van der Waals surface area (Å²) in [4.78, 5) is 12.7. The van der Waals surface area contributed by atoms with Gasteiger partial charge in [-0.1, -0.05) is 20.8 Å². The number of rotatable bonds is 3. The molecule has 1 amide bonds. The van der Waals surface area contributed by atoms with Gasteiger partial charge in [0, 0.05) is 11.6 Å². The van der Waals surface area contributed by atoms with Gasteiger partial charge in [0.15, 0.2) is 0 Å². The van der Waals surface area contributed by atoms with Crippen LogP contribution in [0.4, 0.5) is 5.69 Å². The van der Waals surface area contributed by atoms with E-state index in [2.05, 4.69) is 26.1 Å². The molecule has 1 saturated carbocycles. The van der Waals surface area contributed by atoms with Crippen LogP contribution < -0.4 is 10.5 Å². The quantitative estimate of drug-likeness (QED) is 0.854. The number of benzene rings is 1. The predicted molar refractivity (Wildman–Crippen MR) is 101 cm³/mol. The molecule has 140 valence electrons. The van der Waals surface area contributed by atoms with Crippen molar-refractivity contribution >= 4 is 21.6 Å². The second kappa shape index (κ2) is 7.08.